The Balaban J connectivity index is 1.28. The summed E-state index contributed by atoms with van der Waals surface area (Å²) in [5.74, 6) is 0.723. The third-order valence-electron chi connectivity index (χ3n) is 8.69. The Labute approximate surface area is 246 Å². The zero-order valence-electron chi connectivity index (χ0n) is 22.6. The van der Waals surface area contributed by atoms with Crippen LogP contribution in [-0.4, -0.2) is 12.7 Å². The maximum atomic E-state index is 9.65. The lowest BCUT2D eigenvalue weighted by Gasteiger charge is -2.15. The SMILES string of the molecule is OBOc1cc2ccccc2c2c1sc1c(-c3cccc(-c4ccc5ccc6cccc7ccc4c5c67)c3)cccc12. The van der Waals surface area contributed by atoms with Gasteiger partial charge in [0.1, 0.15) is 5.75 Å². The van der Waals surface area contributed by atoms with Crippen molar-refractivity contribution in [3.63, 3.8) is 0 Å². The number of benzene rings is 8. The van der Waals surface area contributed by atoms with Crippen LogP contribution < -0.4 is 4.65 Å². The summed E-state index contributed by atoms with van der Waals surface area (Å²) in [5.41, 5.74) is 4.84. The minimum Gasteiger partial charge on any atom is -0.538 e. The molecule has 42 heavy (non-hydrogen) atoms. The average molecular weight is 554 g/mol. The van der Waals surface area contributed by atoms with E-state index in [4.69, 9.17) is 4.65 Å². The Bertz CT molecular complexity index is 2480. The number of rotatable bonds is 4. The Morgan fingerprint density at radius 1 is 0.476 bits per heavy atom. The molecule has 0 saturated carbocycles. The third kappa shape index (κ3) is 3.37. The van der Waals surface area contributed by atoms with Gasteiger partial charge >= 0.3 is 7.69 Å². The molecule has 4 heteroatoms. The molecule has 0 spiro atoms. The summed E-state index contributed by atoms with van der Waals surface area (Å²) < 4.78 is 8.02. The molecule has 0 aliphatic carbocycles. The third-order valence-corrected chi connectivity index (χ3v) is 9.94. The summed E-state index contributed by atoms with van der Waals surface area (Å²) in [6, 6.07) is 46.1. The molecule has 0 aliphatic heterocycles. The Kier molecular flexibility index (Phi) is 5.12. The smallest absolute Gasteiger partial charge is 0.504 e. The van der Waals surface area contributed by atoms with Crippen molar-refractivity contribution in [3.05, 3.63) is 127 Å². The first kappa shape index (κ1) is 23.8. The second-order valence-corrected chi connectivity index (χ2v) is 11.9. The molecule has 2 nitrogen and oxygen atoms in total. The highest BCUT2D eigenvalue weighted by atomic mass is 32.1. The lowest BCUT2D eigenvalue weighted by Crippen LogP contribution is -1.99. The molecular weight excluding hydrogens is 531 g/mol. The predicted octanol–water partition coefficient (Wildman–Crippen LogP) is 10.1. The van der Waals surface area contributed by atoms with Gasteiger partial charge in [-0.2, -0.15) is 0 Å². The number of thiophene rings is 1. The lowest BCUT2D eigenvalue weighted by molar-refractivity contribution is 0.457. The molecule has 1 heterocycles. The number of hydrogen-bond donors (Lipinski definition) is 1. The minimum atomic E-state index is -0.351. The van der Waals surface area contributed by atoms with Crippen LogP contribution in [0.1, 0.15) is 0 Å². The van der Waals surface area contributed by atoms with Crippen LogP contribution in [0.5, 0.6) is 5.75 Å². The second-order valence-electron chi connectivity index (χ2n) is 10.9. The highest BCUT2D eigenvalue weighted by Crippen LogP contribution is 2.47. The van der Waals surface area contributed by atoms with Crippen LogP contribution in [0.15, 0.2) is 127 Å². The Morgan fingerprint density at radius 3 is 2.00 bits per heavy atom. The van der Waals surface area contributed by atoms with Crippen molar-refractivity contribution in [2.24, 2.45) is 0 Å². The topological polar surface area (TPSA) is 29.5 Å². The molecule has 9 rings (SSSR count). The van der Waals surface area contributed by atoms with Gasteiger partial charge in [0.15, 0.2) is 0 Å². The van der Waals surface area contributed by atoms with E-state index in [-0.39, 0.29) is 7.69 Å². The van der Waals surface area contributed by atoms with Crippen molar-refractivity contribution in [2.75, 3.05) is 0 Å². The molecule has 0 bridgehead atoms. The molecule has 0 aliphatic rings. The molecule has 0 radical (unpaired) electrons. The van der Waals surface area contributed by atoms with Crippen LogP contribution in [0.4, 0.5) is 0 Å². The van der Waals surface area contributed by atoms with E-state index in [0.717, 1.165) is 15.8 Å². The van der Waals surface area contributed by atoms with Gasteiger partial charge < -0.3 is 9.68 Å². The first-order valence-corrected chi connectivity index (χ1v) is 15.0. The predicted molar refractivity (Wildman–Crippen MR) is 181 cm³/mol. The fraction of sp³-hybridized carbons (Fsp3) is 0. The fourth-order valence-corrected chi connectivity index (χ4v) is 8.18. The van der Waals surface area contributed by atoms with Crippen molar-refractivity contribution in [2.45, 2.75) is 0 Å². The zero-order chi connectivity index (χ0) is 27.8. The highest BCUT2D eigenvalue weighted by molar-refractivity contribution is 7.27. The van der Waals surface area contributed by atoms with E-state index in [1.165, 1.54) is 75.4 Å². The van der Waals surface area contributed by atoms with Crippen molar-refractivity contribution < 1.29 is 9.68 Å². The maximum Gasteiger partial charge on any atom is 0.504 e. The van der Waals surface area contributed by atoms with Gasteiger partial charge in [-0.1, -0.05) is 115 Å². The molecule has 0 unspecified atom stereocenters. The quantitative estimate of drug-likeness (QED) is 0.173. The van der Waals surface area contributed by atoms with E-state index in [9.17, 15) is 5.02 Å². The molecule has 0 amide bonds. The van der Waals surface area contributed by atoms with Crippen molar-refractivity contribution in [3.8, 4) is 28.0 Å². The second kappa shape index (κ2) is 9.05. The fourth-order valence-electron chi connectivity index (χ4n) is 6.86. The molecule has 0 fully saturated rings. The van der Waals surface area contributed by atoms with Crippen LogP contribution in [-0.2, 0) is 0 Å². The van der Waals surface area contributed by atoms with E-state index in [1.54, 1.807) is 11.3 Å². The van der Waals surface area contributed by atoms with Crippen LogP contribution in [0.25, 0.3) is 85.5 Å². The first-order chi connectivity index (χ1) is 20.8. The summed E-state index contributed by atoms with van der Waals surface area (Å²) in [5, 5.41) is 22.1. The van der Waals surface area contributed by atoms with Gasteiger partial charge in [0, 0.05) is 15.5 Å². The Hall–Kier alpha value is -4.90. The molecule has 0 atom stereocenters. The van der Waals surface area contributed by atoms with E-state index >= 15 is 0 Å². The molecule has 1 aromatic heterocycles. The number of fused-ring (bicyclic) bond motifs is 5. The summed E-state index contributed by atoms with van der Waals surface area (Å²) in [6.07, 6.45) is 0. The first-order valence-electron chi connectivity index (χ1n) is 14.2. The van der Waals surface area contributed by atoms with Crippen LogP contribution in [0.2, 0.25) is 0 Å². The molecule has 9 aromatic rings. The lowest BCUT2D eigenvalue weighted by atomic mass is 9.89. The van der Waals surface area contributed by atoms with Crippen molar-refractivity contribution in [1.29, 1.82) is 0 Å². The molecule has 0 saturated heterocycles. The van der Waals surface area contributed by atoms with Gasteiger partial charge in [-0.3, -0.25) is 0 Å². The van der Waals surface area contributed by atoms with Crippen LogP contribution >= 0.6 is 11.3 Å². The standard InChI is InChI=1S/C38H23BO2S/c40-39-41-33-21-27-6-1-2-11-29(27)36-32-13-5-12-30(37(32)42-38(33)36)26-10-4-9-25(20-26)28-18-16-24-15-14-22-7-3-8-23-17-19-31(28)35(24)34(22)23/h1-21,39-40H. The molecule has 1 N–H and O–H groups in total. The molecular formula is C38H23BO2S. The number of hydrogen-bond acceptors (Lipinski definition) is 3. The average Bonchev–Trinajstić information content (AvgIpc) is 3.44. The summed E-state index contributed by atoms with van der Waals surface area (Å²) in [7, 11) is -0.351. The summed E-state index contributed by atoms with van der Waals surface area (Å²) in [6.45, 7) is 0. The van der Waals surface area contributed by atoms with Gasteiger partial charge in [0.05, 0.1) is 4.70 Å². The van der Waals surface area contributed by atoms with Gasteiger partial charge in [0.25, 0.3) is 0 Å². The summed E-state index contributed by atoms with van der Waals surface area (Å²) >= 11 is 1.74. The molecule has 8 aromatic carbocycles. The van der Waals surface area contributed by atoms with Crippen LogP contribution in [0, 0.1) is 0 Å². The van der Waals surface area contributed by atoms with Crippen LogP contribution in [0.3, 0.4) is 0 Å². The maximum absolute atomic E-state index is 9.65. The zero-order valence-corrected chi connectivity index (χ0v) is 23.4. The van der Waals surface area contributed by atoms with Gasteiger partial charge in [-0.25, -0.2) is 0 Å². The monoisotopic (exact) mass is 554 g/mol. The van der Waals surface area contributed by atoms with Gasteiger partial charge in [-0.05, 0) is 77.5 Å². The van der Waals surface area contributed by atoms with E-state index < -0.39 is 0 Å². The largest absolute Gasteiger partial charge is 0.538 e. The van der Waals surface area contributed by atoms with Crippen molar-refractivity contribution in [1.82, 2.24) is 0 Å². The normalized spacial score (nSPS) is 11.9. The minimum absolute atomic E-state index is 0.351. The van der Waals surface area contributed by atoms with Gasteiger partial charge in [0.2, 0.25) is 0 Å². The van der Waals surface area contributed by atoms with E-state index in [1.807, 2.05) is 12.1 Å². The van der Waals surface area contributed by atoms with E-state index in [0.29, 0.717) is 0 Å². The highest BCUT2D eigenvalue weighted by Gasteiger charge is 2.18. The summed E-state index contributed by atoms with van der Waals surface area (Å²) in [4.78, 5) is 0. The molecule has 196 valence electrons. The Morgan fingerprint density at radius 2 is 1.14 bits per heavy atom. The van der Waals surface area contributed by atoms with Gasteiger partial charge in [-0.15, -0.1) is 11.3 Å². The van der Waals surface area contributed by atoms with Crippen molar-refractivity contribution >= 4 is 82.3 Å². The van der Waals surface area contributed by atoms with E-state index in [2.05, 4.69) is 115 Å².